The van der Waals surface area contributed by atoms with Gasteiger partial charge in [-0.3, -0.25) is 19.5 Å². The fourth-order valence-corrected chi connectivity index (χ4v) is 3.05. The number of methoxy groups -OCH3 is 1. The predicted octanol–water partition coefficient (Wildman–Crippen LogP) is 1.54. The van der Waals surface area contributed by atoms with E-state index in [9.17, 15) is 9.59 Å². The van der Waals surface area contributed by atoms with Crippen molar-refractivity contribution in [3.8, 4) is 5.75 Å². The molecule has 0 fully saturated rings. The number of nitrogens with two attached hydrogens (primary N) is 1. The van der Waals surface area contributed by atoms with Gasteiger partial charge in [0.1, 0.15) is 17.0 Å². The summed E-state index contributed by atoms with van der Waals surface area (Å²) in [4.78, 5) is 39.0. The van der Waals surface area contributed by atoms with Crippen molar-refractivity contribution in [1.82, 2.24) is 14.9 Å². The lowest BCUT2D eigenvalue weighted by Crippen LogP contribution is -2.47. The van der Waals surface area contributed by atoms with Crippen molar-refractivity contribution in [3.63, 3.8) is 0 Å². The van der Waals surface area contributed by atoms with Gasteiger partial charge in [-0.05, 0) is 31.2 Å². The lowest BCUT2D eigenvalue weighted by atomic mass is 9.91. The molecule has 164 valence electrons. The molecule has 0 radical (unpaired) electrons. The van der Waals surface area contributed by atoms with Crippen molar-refractivity contribution in [2.75, 3.05) is 32.7 Å². The van der Waals surface area contributed by atoms with E-state index in [1.807, 2.05) is 0 Å². The molecule has 0 saturated carbocycles. The van der Waals surface area contributed by atoms with Gasteiger partial charge in [-0.2, -0.15) is 0 Å². The molecule has 0 spiro atoms. The van der Waals surface area contributed by atoms with Crippen molar-refractivity contribution in [2.24, 2.45) is 10.7 Å². The van der Waals surface area contributed by atoms with Crippen LogP contribution >= 0.6 is 0 Å². The number of aliphatic imine (C=N–C) groups is 1. The average molecular weight is 426 g/mol. The molecule has 10 nitrogen and oxygen atoms in total. The van der Waals surface area contributed by atoms with Crippen LogP contribution in [0.3, 0.4) is 0 Å². The maximum Gasteiger partial charge on any atom is 0.274 e. The molecule has 31 heavy (non-hydrogen) atoms. The van der Waals surface area contributed by atoms with Gasteiger partial charge in [0.2, 0.25) is 5.91 Å². The Labute approximate surface area is 180 Å². The Kier molecular flexibility index (Phi) is 6.81. The number of amides is 2. The first-order chi connectivity index (χ1) is 14.8. The highest BCUT2D eigenvalue weighted by Gasteiger charge is 2.37. The third-order valence-corrected chi connectivity index (χ3v) is 4.87. The summed E-state index contributed by atoms with van der Waals surface area (Å²) in [5.74, 6) is 0.175. The van der Waals surface area contributed by atoms with Crippen LogP contribution in [0.5, 0.6) is 5.75 Å². The number of carbonyl (C=O) groups excluding carboxylic acids is 2. The van der Waals surface area contributed by atoms with E-state index in [0.29, 0.717) is 30.3 Å². The first-order valence-electron chi connectivity index (χ1n) is 9.80. The van der Waals surface area contributed by atoms with Gasteiger partial charge >= 0.3 is 0 Å². The highest BCUT2D eigenvalue weighted by atomic mass is 16.5. The maximum atomic E-state index is 12.6. The van der Waals surface area contributed by atoms with E-state index < -0.39 is 5.54 Å². The summed E-state index contributed by atoms with van der Waals surface area (Å²) < 4.78 is 10.5. The van der Waals surface area contributed by atoms with Crippen LogP contribution in [-0.2, 0) is 15.1 Å². The van der Waals surface area contributed by atoms with E-state index >= 15 is 0 Å². The fraction of sp³-hybridized carbons (Fsp3) is 0.381. The Hall–Kier alpha value is -3.53. The second-order valence-electron chi connectivity index (χ2n) is 7.33. The zero-order valence-corrected chi connectivity index (χ0v) is 17.8. The second-order valence-corrected chi connectivity index (χ2v) is 7.33. The molecule has 1 aliphatic heterocycles. The standard InChI is InChI=1S/C21H26N6O4/c1-21(12-18(28)27(2)20(22)26-21)17-11-14(7-8-23-17)25-19(29)16-6-5-15(13-24-16)31-10-4-9-30-3/h5-8,11,13H,4,9-10,12H2,1-3H3,(H2,22,26)(H,23,25,29). The van der Waals surface area contributed by atoms with Crippen molar-refractivity contribution < 1.29 is 19.1 Å². The summed E-state index contributed by atoms with van der Waals surface area (Å²) in [5, 5.41) is 2.79. The molecule has 2 aromatic rings. The van der Waals surface area contributed by atoms with Crippen LogP contribution in [0.2, 0.25) is 0 Å². The van der Waals surface area contributed by atoms with Gasteiger partial charge in [-0.1, -0.05) is 0 Å². The lowest BCUT2D eigenvalue weighted by molar-refractivity contribution is -0.128. The predicted molar refractivity (Wildman–Crippen MR) is 115 cm³/mol. The first kappa shape index (κ1) is 22.2. The monoisotopic (exact) mass is 426 g/mol. The lowest BCUT2D eigenvalue weighted by Gasteiger charge is -2.32. The smallest absolute Gasteiger partial charge is 0.274 e. The molecule has 2 aromatic heterocycles. The first-order valence-corrected chi connectivity index (χ1v) is 9.80. The molecule has 3 N–H and O–H groups in total. The van der Waals surface area contributed by atoms with E-state index in [1.54, 1.807) is 51.5 Å². The topological polar surface area (TPSA) is 132 Å². The Balaban J connectivity index is 1.68. The normalized spacial score (nSPS) is 18.5. The zero-order chi connectivity index (χ0) is 22.4. The largest absolute Gasteiger partial charge is 0.492 e. The minimum absolute atomic E-state index is 0.127. The van der Waals surface area contributed by atoms with Gasteiger partial charge in [0.25, 0.3) is 5.91 Å². The van der Waals surface area contributed by atoms with Gasteiger partial charge in [0.05, 0.1) is 24.9 Å². The molecule has 0 bridgehead atoms. The fourth-order valence-electron chi connectivity index (χ4n) is 3.05. The summed E-state index contributed by atoms with van der Waals surface area (Å²) in [6, 6.07) is 6.61. The molecule has 0 aliphatic carbocycles. The van der Waals surface area contributed by atoms with Crippen LogP contribution in [0, 0.1) is 0 Å². The molecular weight excluding hydrogens is 400 g/mol. The quantitative estimate of drug-likeness (QED) is 0.612. The Morgan fingerprint density at radius 2 is 2.10 bits per heavy atom. The summed E-state index contributed by atoms with van der Waals surface area (Å²) >= 11 is 0. The number of pyridine rings is 2. The Morgan fingerprint density at radius 1 is 1.29 bits per heavy atom. The number of nitrogens with zero attached hydrogens (tertiary/aromatic N) is 4. The number of guanidine groups is 1. The number of aromatic nitrogens is 2. The van der Waals surface area contributed by atoms with Crippen molar-refractivity contribution in [2.45, 2.75) is 25.3 Å². The molecule has 2 amide bonds. The van der Waals surface area contributed by atoms with Crippen LogP contribution in [0.1, 0.15) is 35.9 Å². The van der Waals surface area contributed by atoms with Crippen LogP contribution in [0.15, 0.2) is 41.7 Å². The number of ether oxygens (including phenoxy) is 2. The van der Waals surface area contributed by atoms with Crippen molar-refractivity contribution in [3.05, 3.63) is 48.0 Å². The van der Waals surface area contributed by atoms with Crippen LogP contribution in [0.4, 0.5) is 5.69 Å². The molecule has 3 rings (SSSR count). The number of hydrogen-bond donors (Lipinski definition) is 2. The van der Waals surface area contributed by atoms with Gasteiger partial charge in [0, 0.05) is 39.1 Å². The summed E-state index contributed by atoms with van der Waals surface area (Å²) in [7, 11) is 3.21. The SMILES string of the molecule is COCCCOc1ccc(C(=O)Nc2ccnc(C3(C)CC(=O)N(C)C(N)=N3)c2)nc1. The van der Waals surface area contributed by atoms with Crippen molar-refractivity contribution in [1.29, 1.82) is 0 Å². The average Bonchev–Trinajstić information content (AvgIpc) is 2.75. The zero-order valence-electron chi connectivity index (χ0n) is 17.8. The number of rotatable bonds is 8. The number of nitrogens with one attached hydrogen (secondary N) is 1. The van der Waals surface area contributed by atoms with Gasteiger partial charge < -0.3 is 20.5 Å². The molecule has 1 unspecified atom stereocenters. The molecular formula is C21H26N6O4. The minimum atomic E-state index is -0.908. The molecule has 1 aliphatic rings. The number of hydrogen-bond acceptors (Lipinski definition) is 8. The summed E-state index contributed by atoms with van der Waals surface area (Å²) in [6.45, 7) is 2.90. The van der Waals surface area contributed by atoms with Gasteiger partial charge in [0.15, 0.2) is 5.96 Å². The highest BCUT2D eigenvalue weighted by molar-refractivity contribution is 6.03. The molecule has 1 atom stereocenters. The van der Waals surface area contributed by atoms with E-state index in [2.05, 4.69) is 20.3 Å². The maximum absolute atomic E-state index is 12.6. The van der Waals surface area contributed by atoms with Crippen molar-refractivity contribution >= 4 is 23.5 Å². The second kappa shape index (κ2) is 9.52. The van der Waals surface area contributed by atoms with E-state index in [1.165, 1.54) is 11.1 Å². The van der Waals surface area contributed by atoms with Gasteiger partial charge in [-0.15, -0.1) is 0 Å². The third-order valence-electron chi connectivity index (χ3n) is 4.87. The third kappa shape index (κ3) is 5.34. The van der Waals surface area contributed by atoms with Crippen LogP contribution < -0.4 is 15.8 Å². The Morgan fingerprint density at radius 3 is 2.77 bits per heavy atom. The summed E-state index contributed by atoms with van der Waals surface area (Å²) in [6.07, 6.45) is 3.94. The minimum Gasteiger partial charge on any atom is -0.492 e. The number of anilines is 1. The molecule has 0 aromatic carbocycles. The van der Waals surface area contributed by atoms with Gasteiger partial charge in [-0.25, -0.2) is 9.98 Å². The van der Waals surface area contributed by atoms with E-state index in [-0.39, 0.29) is 29.9 Å². The Bertz CT molecular complexity index is 978. The van der Waals surface area contributed by atoms with Crippen LogP contribution in [-0.4, -0.2) is 60.0 Å². The molecule has 0 saturated heterocycles. The van der Waals surface area contributed by atoms with E-state index in [0.717, 1.165) is 6.42 Å². The van der Waals surface area contributed by atoms with E-state index in [4.69, 9.17) is 15.2 Å². The highest BCUT2D eigenvalue weighted by Crippen LogP contribution is 2.32. The molecule has 10 heteroatoms. The number of carbonyl (C=O) groups is 2. The summed E-state index contributed by atoms with van der Waals surface area (Å²) in [5.41, 5.74) is 6.24. The van der Waals surface area contributed by atoms with Crippen LogP contribution in [0.25, 0.3) is 0 Å². The molecule has 3 heterocycles.